The van der Waals surface area contributed by atoms with Crippen LogP contribution in [-0.4, -0.2) is 15.0 Å². The molecule has 2 rings (SSSR count). The van der Waals surface area contributed by atoms with Gasteiger partial charge in [0.05, 0.1) is 12.2 Å². The molecular weight excluding hydrogens is 210 g/mol. The summed E-state index contributed by atoms with van der Waals surface area (Å²) in [5, 5.41) is 9.29. The fraction of sp³-hybridized carbons (Fsp3) is 0.273. The Bertz CT molecular complexity index is 445. The van der Waals surface area contributed by atoms with Crippen molar-refractivity contribution in [1.82, 2.24) is 15.0 Å². The zero-order chi connectivity index (χ0) is 10.8. The van der Waals surface area contributed by atoms with Gasteiger partial charge in [-0.15, -0.1) is 0 Å². The van der Waals surface area contributed by atoms with Gasteiger partial charge in [-0.2, -0.15) is 15.0 Å². The van der Waals surface area contributed by atoms with E-state index in [1.807, 2.05) is 38.1 Å². The van der Waals surface area contributed by atoms with Gasteiger partial charge in [-0.3, -0.25) is 0 Å². The molecule has 0 aliphatic carbocycles. The van der Waals surface area contributed by atoms with E-state index in [1.165, 1.54) is 0 Å². The molecule has 0 spiro atoms. The Hall–Kier alpha value is -1.35. The highest BCUT2D eigenvalue weighted by Crippen LogP contribution is 2.19. The highest BCUT2D eigenvalue weighted by atomic mass is 35.5. The van der Waals surface area contributed by atoms with E-state index in [4.69, 9.17) is 11.6 Å². The van der Waals surface area contributed by atoms with Crippen molar-refractivity contribution < 1.29 is 0 Å². The third-order valence-electron chi connectivity index (χ3n) is 2.11. The van der Waals surface area contributed by atoms with E-state index in [0.717, 1.165) is 16.3 Å². The molecule has 0 aliphatic rings. The van der Waals surface area contributed by atoms with Gasteiger partial charge in [-0.05, 0) is 26.0 Å². The molecule has 0 aliphatic heterocycles. The zero-order valence-corrected chi connectivity index (χ0v) is 9.44. The lowest BCUT2D eigenvalue weighted by Crippen LogP contribution is -2.04. The molecule has 4 heteroatoms. The fourth-order valence-electron chi connectivity index (χ4n) is 1.28. The van der Waals surface area contributed by atoms with E-state index >= 15 is 0 Å². The van der Waals surface area contributed by atoms with Gasteiger partial charge in [0.1, 0.15) is 5.69 Å². The Labute approximate surface area is 93.7 Å². The van der Waals surface area contributed by atoms with Crippen LogP contribution in [0.25, 0.3) is 11.3 Å². The smallest absolute Gasteiger partial charge is 0.113 e. The molecule has 1 heterocycles. The van der Waals surface area contributed by atoms with Crippen LogP contribution in [0.3, 0.4) is 0 Å². The quantitative estimate of drug-likeness (QED) is 0.780. The first-order valence-electron chi connectivity index (χ1n) is 4.84. The van der Waals surface area contributed by atoms with Crippen LogP contribution in [0, 0.1) is 0 Å². The molecule has 0 bridgehead atoms. The second-order valence-corrected chi connectivity index (χ2v) is 4.09. The molecule has 3 nitrogen and oxygen atoms in total. The molecule has 0 saturated carbocycles. The molecule has 0 saturated heterocycles. The van der Waals surface area contributed by atoms with Crippen LogP contribution in [0.5, 0.6) is 0 Å². The van der Waals surface area contributed by atoms with Crippen LogP contribution in [0.4, 0.5) is 0 Å². The third kappa shape index (κ3) is 2.18. The summed E-state index contributed by atoms with van der Waals surface area (Å²) in [5.74, 6) is 0. The predicted molar refractivity (Wildman–Crippen MR) is 60.9 cm³/mol. The summed E-state index contributed by atoms with van der Waals surface area (Å²) in [5.41, 5.74) is 1.91. The average molecular weight is 222 g/mol. The maximum Gasteiger partial charge on any atom is 0.113 e. The van der Waals surface area contributed by atoms with Gasteiger partial charge in [0, 0.05) is 10.6 Å². The Kier molecular flexibility index (Phi) is 2.73. The number of rotatable bonds is 2. The Balaban J connectivity index is 2.33. The number of aromatic nitrogens is 3. The number of halogens is 1. The van der Waals surface area contributed by atoms with Gasteiger partial charge in [0.15, 0.2) is 0 Å². The van der Waals surface area contributed by atoms with E-state index in [1.54, 1.807) is 11.0 Å². The van der Waals surface area contributed by atoms with Crippen LogP contribution in [0.2, 0.25) is 5.02 Å². The van der Waals surface area contributed by atoms with E-state index in [0.29, 0.717) is 0 Å². The van der Waals surface area contributed by atoms with E-state index in [9.17, 15) is 0 Å². The molecule has 78 valence electrons. The average Bonchev–Trinajstić information content (AvgIpc) is 2.68. The minimum Gasteiger partial charge on any atom is -0.182 e. The maximum absolute atomic E-state index is 5.81. The summed E-state index contributed by atoms with van der Waals surface area (Å²) in [6, 6.07) is 7.87. The van der Waals surface area contributed by atoms with E-state index in [2.05, 4.69) is 10.2 Å². The summed E-state index contributed by atoms with van der Waals surface area (Å²) < 4.78 is 0. The van der Waals surface area contributed by atoms with Crippen molar-refractivity contribution in [3.63, 3.8) is 0 Å². The normalized spacial score (nSPS) is 10.9. The lowest BCUT2D eigenvalue weighted by molar-refractivity contribution is 0.467. The van der Waals surface area contributed by atoms with Crippen LogP contribution in [-0.2, 0) is 0 Å². The molecule has 0 radical (unpaired) electrons. The lowest BCUT2D eigenvalue weighted by Gasteiger charge is -2.01. The molecule has 0 N–H and O–H groups in total. The van der Waals surface area contributed by atoms with Crippen LogP contribution in [0.15, 0.2) is 30.5 Å². The maximum atomic E-state index is 5.81. The van der Waals surface area contributed by atoms with Gasteiger partial charge < -0.3 is 0 Å². The topological polar surface area (TPSA) is 30.7 Å². The first-order valence-corrected chi connectivity index (χ1v) is 5.22. The van der Waals surface area contributed by atoms with Crippen molar-refractivity contribution in [3.05, 3.63) is 35.5 Å². The zero-order valence-electron chi connectivity index (χ0n) is 8.68. The standard InChI is InChI=1S/C11H12ClN3/c1-8(2)15-13-7-11(14-15)9-3-5-10(12)6-4-9/h3-8H,1-2H3. The molecular formula is C11H12ClN3. The number of hydrogen-bond acceptors (Lipinski definition) is 2. The first kappa shape index (κ1) is 10.2. The van der Waals surface area contributed by atoms with Crippen molar-refractivity contribution in [2.75, 3.05) is 0 Å². The number of hydrogen-bond donors (Lipinski definition) is 0. The molecule has 2 aromatic rings. The van der Waals surface area contributed by atoms with Crippen LogP contribution < -0.4 is 0 Å². The minimum absolute atomic E-state index is 0.283. The van der Waals surface area contributed by atoms with Crippen LogP contribution in [0.1, 0.15) is 19.9 Å². The van der Waals surface area contributed by atoms with Gasteiger partial charge in [0.2, 0.25) is 0 Å². The summed E-state index contributed by atoms with van der Waals surface area (Å²) in [6.45, 7) is 4.09. The van der Waals surface area contributed by atoms with Crippen LogP contribution >= 0.6 is 11.6 Å². The molecule has 1 aromatic carbocycles. The Morgan fingerprint density at radius 2 is 1.87 bits per heavy atom. The van der Waals surface area contributed by atoms with Crippen molar-refractivity contribution in [3.8, 4) is 11.3 Å². The van der Waals surface area contributed by atoms with Crippen molar-refractivity contribution in [2.45, 2.75) is 19.9 Å². The van der Waals surface area contributed by atoms with Crippen molar-refractivity contribution >= 4 is 11.6 Å². The summed E-state index contributed by atoms with van der Waals surface area (Å²) in [6.07, 6.45) is 1.77. The molecule has 1 aromatic heterocycles. The lowest BCUT2D eigenvalue weighted by atomic mass is 10.2. The highest BCUT2D eigenvalue weighted by molar-refractivity contribution is 6.30. The SMILES string of the molecule is CC(C)n1ncc(-c2ccc(Cl)cc2)n1. The highest BCUT2D eigenvalue weighted by Gasteiger charge is 2.05. The van der Waals surface area contributed by atoms with Gasteiger partial charge in [-0.25, -0.2) is 0 Å². The minimum atomic E-state index is 0.283. The Morgan fingerprint density at radius 3 is 2.40 bits per heavy atom. The molecule has 0 fully saturated rings. The summed E-state index contributed by atoms with van der Waals surface area (Å²) >= 11 is 5.81. The molecule has 0 unspecified atom stereocenters. The fourth-order valence-corrected chi connectivity index (χ4v) is 1.40. The molecule has 0 atom stereocenters. The first-order chi connectivity index (χ1) is 7.16. The summed E-state index contributed by atoms with van der Waals surface area (Å²) in [7, 11) is 0. The molecule has 15 heavy (non-hydrogen) atoms. The summed E-state index contributed by atoms with van der Waals surface area (Å²) in [4.78, 5) is 1.70. The number of nitrogens with zero attached hydrogens (tertiary/aromatic N) is 3. The third-order valence-corrected chi connectivity index (χ3v) is 2.36. The predicted octanol–water partition coefficient (Wildman–Crippen LogP) is 3.18. The second kappa shape index (κ2) is 4.03. The van der Waals surface area contributed by atoms with Gasteiger partial charge in [0.25, 0.3) is 0 Å². The van der Waals surface area contributed by atoms with Gasteiger partial charge >= 0.3 is 0 Å². The number of benzene rings is 1. The second-order valence-electron chi connectivity index (χ2n) is 3.65. The Morgan fingerprint density at radius 1 is 1.20 bits per heavy atom. The monoisotopic (exact) mass is 221 g/mol. The van der Waals surface area contributed by atoms with E-state index in [-0.39, 0.29) is 6.04 Å². The van der Waals surface area contributed by atoms with Crippen molar-refractivity contribution in [2.24, 2.45) is 0 Å². The van der Waals surface area contributed by atoms with E-state index < -0.39 is 0 Å². The largest absolute Gasteiger partial charge is 0.182 e. The molecule has 0 amide bonds. The van der Waals surface area contributed by atoms with Gasteiger partial charge in [-0.1, -0.05) is 23.7 Å². The van der Waals surface area contributed by atoms with Crippen molar-refractivity contribution in [1.29, 1.82) is 0 Å².